The molecule has 0 aliphatic rings. The SMILES string of the molecule is O.O.O.O.S=C([S-])[S-].S=C=S.S=C=S.[H-].[H-].[Na+].[Na+].[Na+].[Na+].[Na+].[Na+].[Na+].[Na+].[Na+].[Na+].[Na+].[Na+].[O-]C(=S)SC(=S)[S-].[O-]C(=S)[S-].[O-]C([O-])=S.[OH-].[OH-]. The van der Waals surface area contributed by atoms with Crippen molar-refractivity contribution >= 4 is 202 Å². The van der Waals surface area contributed by atoms with Crippen LogP contribution in [0.3, 0.4) is 0 Å². The van der Waals surface area contributed by atoms with Crippen molar-refractivity contribution < 1.29 is 411 Å². The maximum Gasteiger partial charge on any atom is 1.00 e. The Kier molecular flexibility index (Phi) is 641. The van der Waals surface area contributed by atoms with Crippen LogP contribution >= 0.6 is 122 Å². The van der Waals surface area contributed by atoms with Gasteiger partial charge in [-0.1, -0.05) is 15.7 Å². The standard InChI is InChI=1S/C2H2OS4.CH2O2S.CH2OS2.CH2S3.2CS2.12Na.6H2O.2H/c3-1(4)7-2(5)6;3*2-1(3)4;2*2-1-3;;;;;;;;;;;;;;;;;;;;/h(H,3,4)(H,5,6);3*(H2,2,3,4);;;;;;;;;;;;;;;6*1H2;;/q;;;;;;12*+1;;;;;;;2*-1/p-10. The number of hydrogen-bond acceptors (Lipinski definition) is 20. The van der Waals surface area contributed by atoms with Crippen LogP contribution in [0.5, 0.6) is 0 Å². The zero-order valence-corrected chi connectivity index (χ0v) is 61.2. The predicted molar refractivity (Wildman–Crippen MR) is 161 cm³/mol. The van der Waals surface area contributed by atoms with E-state index < -0.39 is 14.0 Å². The van der Waals surface area contributed by atoms with E-state index in [0.717, 1.165) is 11.8 Å². The summed E-state index contributed by atoms with van der Waals surface area (Å²) in [6, 6.07) is 0. The Hall–Kier alpha value is 13.1. The third-order valence-electron chi connectivity index (χ3n) is 0.167. The molecule has 10 N–H and O–H groups in total. The summed E-state index contributed by atoms with van der Waals surface area (Å²) in [5.74, 6) is 0. The first-order valence-electron chi connectivity index (χ1n) is 3.88. The van der Waals surface area contributed by atoms with E-state index >= 15 is 0 Å². The molecule has 0 aromatic rings. The van der Waals surface area contributed by atoms with Crippen molar-refractivity contribution in [2.24, 2.45) is 0 Å². The van der Waals surface area contributed by atoms with Gasteiger partial charge in [-0.2, -0.15) is 0 Å². The van der Waals surface area contributed by atoms with Crippen LogP contribution < -0.4 is 375 Å². The van der Waals surface area contributed by atoms with Crippen molar-refractivity contribution in [1.82, 2.24) is 0 Å². The van der Waals surface area contributed by atoms with Gasteiger partial charge in [0.25, 0.3) is 0 Å². The topological polar surface area (TPSA) is 278 Å². The zero-order chi connectivity index (χ0) is 22.0. The molecular weight excluding hydrogens is 969 g/mol. The molecule has 0 amide bonds. The molecule has 0 unspecified atom stereocenters. The molecule has 0 aromatic carbocycles. The molecule has 196 valence electrons. The van der Waals surface area contributed by atoms with Crippen LogP contribution in [0.25, 0.3) is 0 Å². The summed E-state index contributed by atoms with van der Waals surface area (Å²) in [6.45, 7) is 0. The van der Waals surface area contributed by atoms with Gasteiger partial charge in [-0.05, 0) is 53.3 Å². The molecule has 0 aliphatic carbocycles. The molecule has 43 heavy (non-hydrogen) atoms. The van der Waals surface area contributed by atoms with E-state index in [-0.39, 0.29) is 397 Å². The third-order valence-corrected chi connectivity index (χ3v) is 1.25. The van der Waals surface area contributed by atoms with E-state index in [1.807, 2.05) is 8.63 Å². The number of hydrogen-bond donors (Lipinski definition) is 0. The summed E-state index contributed by atoms with van der Waals surface area (Å²) in [6.07, 6.45) is 0. The van der Waals surface area contributed by atoms with E-state index in [1.54, 1.807) is 0 Å². The van der Waals surface area contributed by atoms with Gasteiger partial charge in [0.05, 0.1) is 0 Å². The molecule has 0 saturated heterocycles. The van der Waals surface area contributed by atoms with Crippen molar-refractivity contribution in [3.63, 3.8) is 0 Å². The predicted octanol–water partition coefficient (Wildman–Crippen LogP) is -39.6. The molecule has 0 aromatic heterocycles. The minimum Gasteiger partial charge on any atom is -1.00 e. The first-order valence-corrected chi connectivity index (χ1v) is 10.0. The first kappa shape index (κ1) is 165. The maximum absolute atomic E-state index is 9.88. The van der Waals surface area contributed by atoms with Gasteiger partial charge in [0.1, 0.15) is 0 Å². The van der Waals surface area contributed by atoms with Gasteiger partial charge in [0.2, 0.25) is 0 Å². The molecule has 0 atom stereocenters. The summed E-state index contributed by atoms with van der Waals surface area (Å²) in [5, 5.41) is 34.9. The van der Waals surface area contributed by atoms with Crippen molar-refractivity contribution in [3.05, 3.63) is 0 Å². The molecule has 0 saturated carbocycles. The Morgan fingerprint density at radius 1 is 0.488 bits per heavy atom. The van der Waals surface area contributed by atoms with Crippen LogP contribution in [0.2, 0.25) is 0 Å². The Morgan fingerprint density at radius 2 is 0.558 bits per heavy atom. The van der Waals surface area contributed by atoms with Crippen LogP contribution in [-0.2, 0) is 50.5 Å². The zero-order valence-electron chi connectivity index (χ0n) is 27.7. The van der Waals surface area contributed by atoms with Crippen LogP contribution in [0.1, 0.15) is 2.85 Å². The monoisotopic (exact) mass is 980 g/mol. The molecule has 0 rings (SSSR count). The van der Waals surface area contributed by atoms with E-state index in [9.17, 15) is 5.11 Å². The Labute approximate surface area is 596 Å². The second kappa shape index (κ2) is 167. The summed E-state index contributed by atoms with van der Waals surface area (Å²) in [7, 11) is 0. The van der Waals surface area contributed by atoms with Crippen molar-refractivity contribution in [2.45, 2.75) is 0 Å². The Balaban J connectivity index is -0.00000000374. The Bertz CT molecular complexity index is 458. The summed E-state index contributed by atoms with van der Waals surface area (Å²) in [4.78, 5) is 0. The summed E-state index contributed by atoms with van der Waals surface area (Å²) < 4.78 is 3.04. The summed E-state index contributed by atoms with van der Waals surface area (Å²) >= 11 is 52.9. The molecule has 0 aliphatic heterocycles. The van der Waals surface area contributed by atoms with E-state index in [0.29, 0.717) is 0 Å². The van der Waals surface area contributed by atoms with Gasteiger partial charge in [-0.25, -0.2) is 4.38 Å². The number of thiocarbonyl (C=S) groups is 9. The quantitative estimate of drug-likeness (QED) is 0.124. The van der Waals surface area contributed by atoms with E-state index in [1.165, 1.54) is 0 Å². The fourth-order valence-corrected chi connectivity index (χ4v) is 1.22. The molecule has 0 spiro atoms. The first-order chi connectivity index (χ1) is 11.2. The Morgan fingerprint density at radius 3 is 0.558 bits per heavy atom. The van der Waals surface area contributed by atoms with Crippen LogP contribution in [-0.4, -0.2) is 62.5 Å². The molecule has 36 heteroatoms. The smallest absolute Gasteiger partial charge is 1.00 e. The second-order valence-corrected chi connectivity index (χ2v) is 9.39. The number of thioether (sulfide) groups is 1. The fraction of sp³-hybridized carbons (Fsp3) is 0. The maximum atomic E-state index is 9.88. The average Bonchev–Trinajstić information content (AvgIpc) is 2.25. The van der Waals surface area contributed by atoms with Crippen molar-refractivity contribution in [2.75, 3.05) is 0 Å². The molecular formula is C7H12Na12O10S14. The van der Waals surface area contributed by atoms with Crippen molar-refractivity contribution in [1.29, 1.82) is 0 Å². The van der Waals surface area contributed by atoms with Gasteiger partial charge >= 0.3 is 355 Å². The second-order valence-electron chi connectivity index (χ2n) is 1.52. The molecule has 0 bridgehead atoms. The molecule has 0 fully saturated rings. The average molecular weight is 981 g/mol. The van der Waals surface area contributed by atoms with Gasteiger partial charge in [-0.3, -0.25) is 3.53 Å². The normalized spacial score (nSPS) is 3.35. The van der Waals surface area contributed by atoms with E-state index in [4.69, 9.17) is 15.3 Å². The fourth-order valence-electron chi connectivity index (χ4n) is 0.0680. The van der Waals surface area contributed by atoms with Crippen LogP contribution in [0, 0.1) is 0 Å². The van der Waals surface area contributed by atoms with Crippen molar-refractivity contribution in [3.8, 4) is 0 Å². The largest absolute Gasteiger partial charge is 1.00 e. The minimum absolute atomic E-state index is 0. The minimum atomic E-state index is -1.50. The molecule has 0 heterocycles. The molecule has 10 nitrogen and oxygen atoms in total. The summed E-state index contributed by atoms with van der Waals surface area (Å²) in [5.41, 5.74) is 0. The van der Waals surface area contributed by atoms with Crippen LogP contribution in [0.15, 0.2) is 0 Å². The van der Waals surface area contributed by atoms with Gasteiger partial charge in [0, 0.05) is 8.63 Å². The van der Waals surface area contributed by atoms with Gasteiger partial charge < -0.3 is 143 Å². The number of rotatable bonds is 0. The van der Waals surface area contributed by atoms with Gasteiger partial charge in [0.15, 0.2) is 0 Å². The third kappa shape index (κ3) is 532. The molecule has 0 radical (unpaired) electrons. The van der Waals surface area contributed by atoms with E-state index in [2.05, 4.69) is 160 Å². The van der Waals surface area contributed by atoms with Crippen LogP contribution in [0.4, 0.5) is 0 Å². The van der Waals surface area contributed by atoms with Gasteiger partial charge in [-0.15, -0.1) is 29.2 Å².